The Morgan fingerprint density at radius 1 is 0.485 bits per heavy atom. The van der Waals surface area contributed by atoms with Crippen LogP contribution in [-0.4, -0.2) is 133 Å². The van der Waals surface area contributed by atoms with E-state index in [1.165, 1.54) is 55.4 Å². The highest BCUT2D eigenvalue weighted by molar-refractivity contribution is 6.68. The van der Waals surface area contributed by atoms with Crippen LogP contribution in [0.1, 0.15) is 95.7 Å². The van der Waals surface area contributed by atoms with Gasteiger partial charge in [-0.1, -0.05) is 71.7 Å². The Balaban J connectivity index is 0.000000145. The fourth-order valence-electron chi connectivity index (χ4n) is 11.4. The van der Waals surface area contributed by atoms with Gasteiger partial charge < -0.3 is 40.4 Å². The zero-order valence-corrected chi connectivity index (χ0v) is 58.4. The number of ether oxygens (including phenoxy) is 4. The number of phenols is 1. The summed E-state index contributed by atoms with van der Waals surface area (Å²) in [6.45, 7) is 9.21. The molecule has 2 amide bonds. The summed E-state index contributed by atoms with van der Waals surface area (Å²) < 4.78 is 47.1. The highest BCUT2D eigenvalue weighted by atomic mass is 35.5. The summed E-state index contributed by atoms with van der Waals surface area (Å²) in [5.41, 5.74) is 12.5. The normalized spacial score (nSPS) is 15.2. The standard InChI is InChI=1S/C32H28FN3O5.C19H17FO3.C13H12ClN3O2.C10H6Cl2N2O.C3H7NO/c1-19-12-27-26(15-25(19)30(39)36-23-16-40-17-23)31(35-18-34-27)41-24-8-4-21(5-9-24)14-29(38)32(10-11-32)28(37)13-20-2-6-22(33)7-3-20;20-15-5-1-13(2-6-15)11-17(22)19(9-10-19)18(23)12-14-3-7-16(21)8-4-14;1-7-2-11-10(12(14)16-6-15-11)3-9(7)13(18)17-8-4-19-5-8;1-5-2-8-7(3-6(5)10(12)15)9(11)14-4-13-8;4-3-1-5-2-3/h2-9,12,15,18,23H,10-11,13-14,16-17H2,1H3,(H,36,39);1-8,21H,9-12H2;2-3,6,8H,4-5H2,1H3,(H,17,18);2-4H,1H3;3H,1-2,4H2. The van der Waals surface area contributed by atoms with Crippen LogP contribution in [0.2, 0.25) is 10.3 Å². The molecule has 10 aromatic rings. The van der Waals surface area contributed by atoms with Crippen LogP contribution in [0, 0.1) is 43.2 Å². The number of nitrogens with two attached hydrogens (primary N) is 1. The van der Waals surface area contributed by atoms with Gasteiger partial charge in [0.05, 0.1) is 90.5 Å². The minimum absolute atomic E-state index is 0.00783. The van der Waals surface area contributed by atoms with Crippen molar-refractivity contribution in [1.82, 2.24) is 40.5 Å². The molecule has 3 aliphatic heterocycles. The second-order valence-electron chi connectivity index (χ2n) is 25.8. The van der Waals surface area contributed by atoms with E-state index in [-0.39, 0.29) is 90.1 Å². The molecule has 5 N–H and O–H groups in total. The van der Waals surface area contributed by atoms with Gasteiger partial charge in [0.25, 0.3) is 17.1 Å². The maximum atomic E-state index is 13.2. The van der Waals surface area contributed by atoms with Gasteiger partial charge in [0, 0.05) is 53.1 Å². The van der Waals surface area contributed by atoms with Gasteiger partial charge in [0.1, 0.15) is 52.4 Å². The first-order chi connectivity index (χ1) is 49.4. The van der Waals surface area contributed by atoms with Crippen molar-refractivity contribution < 1.29 is 66.4 Å². The van der Waals surface area contributed by atoms with Gasteiger partial charge in [0.15, 0.2) is 23.1 Å². The number of rotatable bonds is 19. The summed E-state index contributed by atoms with van der Waals surface area (Å²) in [7, 11) is 0. The number of benzene rings is 7. The molecule has 26 heteroatoms. The zero-order valence-electron chi connectivity index (χ0n) is 56.2. The van der Waals surface area contributed by atoms with Crippen molar-refractivity contribution in [3.63, 3.8) is 0 Å². The van der Waals surface area contributed by atoms with Crippen molar-refractivity contribution in [3.8, 4) is 17.4 Å². The minimum Gasteiger partial charge on any atom is -0.508 e. The maximum Gasteiger partial charge on any atom is 0.252 e. The lowest BCUT2D eigenvalue weighted by Crippen LogP contribution is -2.48. The van der Waals surface area contributed by atoms with Gasteiger partial charge in [-0.3, -0.25) is 33.6 Å². The fourth-order valence-corrected chi connectivity index (χ4v) is 12.0. The van der Waals surface area contributed by atoms with E-state index in [9.17, 15) is 47.4 Å². The van der Waals surface area contributed by atoms with Crippen LogP contribution in [0.15, 0.2) is 152 Å². The molecule has 5 aliphatic rings. The molecule has 0 bridgehead atoms. The number of fused-ring (bicyclic) bond motifs is 3. The van der Waals surface area contributed by atoms with Crippen molar-refractivity contribution in [2.75, 3.05) is 39.6 Å². The Morgan fingerprint density at radius 2 is 0.816 bits per heavy atom. The van der Waals surface area contributed by atoms with Crippen molar-refractivity contribution in [3.05, 3.63) is 230 Å². The van der Waals surface area contributed by atoms with Crippen LogP contribution < -0.4 is 21.1 Å². The Kier molecular flexibility index (Phi) is 23.8. The number of aromatic nitrogens is 6. The van der Waals surface area contributed by atoms with E-state index in [0.29, 0.717) is 130 Å². The number of ketones is 4. The summed E-state index contributed by atoms with van der Waals surface area (Å²) >= 11 is 17.3. The molecule has 15 rings (SSSR count). The number of amides is 2. The quantitative estimate of drug-likeness (QED) is 0.0332. The zero-order chi connectivity index (χ0) is 73.1. The van der Waals surface area contributed by atoms with Gasteiger partial charge in [-0.2, -0.15) is 0 Å². The topological polar surface area (TPSA) is 304 Å². The van der Waals surface area contributed by atoms with Gasteiger partial charge >= 0.3 is 0 Å². The highest BCUT2D eigenvalue weighted by Crippen LogP contribution is 2.50. The molecule has 0 spiro atoms. The average Bonchev–Trinajstić information content (AvgIpc) is 1.60. The smallest absolute Gasteiger partial charge is 0.252 e. The maximum absolute atomic E-state index is 13.2. The van der Waals surface area contributed by atoms with E-state index < -0.39 is 16.1 Å². The number of halogens is 5. The number of nitrogens with zero attached hydrogens (tertiary/aromatic N) is 6. The van der Waals surface area contributed by atoms with Gasteiger partial charge in [0.2, 0.25) is 5.88 Å². The first kappa shape index (κ1) is 74.2. The SMILES string of the molecule is Cc1cc2ncnc(Cl)c2cc1C(=O)Cl.Cc1cc2ncnc(Cl)c2cc1C(=O)NC1COC1.Cc1cc2ncnc(Oc3ccc(CC(=O)C4(C(=O)Cc5ccc(F)cc5)CC4)cc3)c2cc1C(=O)NC1COC1.NC1COC1.O=C(Cc1ccc(O)cc1)C1(C(=O)Cc2ccc(F)cc2)CC1. The van der Waals surface area contributed by atoms with E-state index in [1.54, 1.807) is 91.9 Å². The summed E-state index contributed by atoms with van der Waals surface area (Å²) in [6.07, 6.45) is 7.06. The first-order valence-electron chi connectivity index (χ1n) is 33.0. The highest BCUT2D eigenvalue weighted by Gasteiger charge is 2.55. The molecule has 3 aromatic heterocycles. The third kappa shape index (κ3) is 18.6. The Bertz CT molecular complexity index is 4780. The lowest BCUT2D eigenvalue weighted by Gasteiger charge is -2.27. The number of hydrogen-bond acceptors (Lipinski definition) is 19. The molecular weight excluding hydrogens is 1390 g/mol. The third-order valence-electron chi connectivity index (χ3n) is 18.1. The summed E-state index contributed by atoms with van der Waals surface area (Å²) in [4.78, 5) is 112. The lowest BCUT2D eigenvalue weighted by atomic mass is 9.88. The summed E-state index contributed by atoms with van der Waals surface area (Å²) in [5, 5.41) is 17.2. The van der Waals surface area contributed by atoms with Crippen molar-refractivity contribution in [2.24, 2.45) is 16.6 Å². The average molecular weight is 1460 g/mol. The number of carbonyl (C=O) groups excluding carboxylic acids is 7. The number of Topliss-reactive ketones (excluding diaryl/α,β-unsaturated/α-hetero) is 4. The van der Waals surface area contributed by atoms with Crippen LogP contribution in [0.4, 0.5) is 8.78 Å². The molecule has 103 heavy (non-hydrogen) atoms. The first-order valence-corrected chi connectivity index (χ1v) is 34.1. The Labute approximate surface area is 605 Å². The second kappa shape index (κ2) is 33.0. The molecule has 0 atom stereocenters. The second-order valence-corrected chi connectivity index (χ2v) is 26.8. The predicted molar refractivity (Wildman–Crippen MR) is 382 cm³/mol. The molecule has 0 unspecified atom stereocenters. The number of phenolic OH excluding ortho intramolecular Hbond substituents is 1. The van der Waals surface area contributed by atoms with Gasteiger partial charge in [-0.25, -0.2) is 38.7 Å². The molecule has 2 aliphatic carbocycles. The molecule has 5 fully saturated rings. The summed E-state index contributed by atoms with van der Waals surface area (Å²) in [6, 6.07) is 36.1. The van der Waals surface area contributed by atoms with Gasteiger partial charge in [-0.05, 0) is 182 Å². The van der Waals surface area contributed by atoms with Crippen LogP contribution >= 0.6 is 34.8 Å². The number of aryl methyl sites for hydroxylation is 3. The van der Waals surface area contributed by atoms with Crippen LogP contribution in [0.3, 0.4) is 0 Å². The molecule has 21 nitrogen and oxygen atoms in total. The molecule has 6 heterocycles. The van der Waals surface area contributed by atoms with E-state index in [0.717, 1.165) is 52.1 Å². The minimum atomic E-state index is -0.947. The molecule has 2 saturated carbocycles. The number of hydrogen-bond donors (Lipinski definition) is 4. The summed E-state index contributed by atoms with van der Waals surface area (Å²) in [5.74, 6) is -0.428. The number of carbonyl (C=O) groups is 7. The van der Waals surface area contributed by atoms with E-state index in [1.807, 2.05) is 26.0 Å². The number of nitrogens with one attached hydrogen (secondary N) is 2. The molecule has 0 radical (unpaired) electrons. The largest absolute Gasteiger partial charge is 0.508 e. The van der Waals surface area contributed by atoms with Crippen LogP contribution in [0.25, 0.3) is 32.7 Å². The van der Waals surface area contributed by atoms with E-state index in [2.05, 4.69) is 40.5 Å². The van der Waals surface area contributed by atoms with Crippen molar-refractivity contribution in [2.45, 2.75) is 90.3 Å². The lowest BCUT2D eigenvalue weighted by molar-refractivity contribution is -0.135. The van der Waals surface area contributed by atoms with Crippen LogP contribution in [0.5, 0.6) is 17.4 Å². The van der Waals surface area contributed by atoms with Gasteiger partial charge in [-0.15, -0.1) is 0 Å². The van der Waals surface area contributed by atoms with Crippen LogP contribution in [-0.2, 0) is 59.1 Å². The van der Waals surface area contributed by atoms with Crippen molar-refractivity contribution in [1.29, 1.82) is 0 Å². The predicted octanol–water partition coefficient (Wildman–Crippen LogP) is 12.0. The molecule has 3 saturated heterocycles. The van der Waals surface area contributed by atoms with E-state index in [4.69, 9.17) is 59.5 Å². The fraction of sp³-hybridized carbons (Fsp3) is 0.286. The monoisotopic (exact) mass is 1460 g/mol. The number of aromatic hydroxyl groups is 1. The third-order valence-corrected chi connectivity index (χ3v) is 18.9. The van der Waals surface area contributed by atoms with E-state index >= 15 is 0 Å². The van der Waals surface area contributed by atoms with Crippen molar-refractivity contribution >= 4 is 108 Å². The molecular formula is C77H70Cl3F2N9O12. The molecule has 530 valence electrons. The molecule has 7 aromatic carbocycles. The Hall–Kier alpha value is -9.98. The Morgan fingerprint density at radius 3 is 1.17 bits per heavy atom.